The molecule has 1 aromatic carbocycles. The highest BCUT2D eigenvalue weighted by Crippen LogP contribution is 2.34. The Bertz CT molecular complexity index is 362. The maximum absolute atomic E-state index is 4.87. The molecule has 1 atom stereocenters. The molecule has 1 heterocycles. The zero-order valence-corrected chi connectivity index (χ0v) is 9.17. The number of benzene rings is 1. The summed E-state index contributed by atoms with van der Waals surface area (Å²) >= 11 is 1.91. The van der Waals surface area contributed by atoms with Crippen molar-refractivity contribution in [3.05, 3.63) is 29.8 Å². The van der Waals surface area contributed by atoms with Gasteiger partial charge < -0.3 is 4.84 Å². The van der Waals surface area contributed by atoms with Crippen molar-refractivity contribution < 1.29 is 4.84 Å². The lowest BCUT2D eigenvalue weighted by Gasteiger charge is -2.21. The van der Waals surface area contributed by atoms with E-state index in [1.54, 1.807) is 7.11 Å². The van der Waals surface area contributed by atoms with Gasteiger partial charge in [0.1, 0.15) is 7.11 Å². The minimum absolute atomic E-state index is 0.582. The number of hydrogen-bond donors (Lipinski definition) is 0. The van der Waals surface area contributed by atoms with Gasteiger partial charge in [-0.3, -0.25) is 0 Å². The van der Waals surface area contributed by atoms with E-state index in [-0.39, 0.29) is 0 Å². The number of thioether (sulfide) groups is 1. The van der Waals surface area contributed by atoms with E-state index in [1.807, 2.05) is 17.8 Å². The van der Waals surface area contributed by atoms with Crippen LogP contribution in [0, 0.1) is 0 Å². The molecular formula is C11H13NOS. The van der Waals surface area contributed by atoms with Crippen LogP contribution < -0.4 is 0 Å². The molecule has 0 amide bonds. The molecule has 0 spiro atoms. The summed E-state index contributed by atoms with van der Waals surface area (Å²) in [5.41, 5.74) is 2.28. The monoisotopic (exact) mass is 207 g/mol. The molecule has 2 rings (SSSR count). The maximum atomic E-state index is 4.87. The van der Waals surface area contributed by atoms with Crippen LogP contribution in [0.15, 0.2) is 34.3 Å². The smallest absolute Gasteiger partial charge is 0.106 e. The van der Waals surface area contributed by atoms with Crippen molar-refractivity contribution in [2.24, 2.45) is 5.16 Å². The Hall–Kier alpha value is -0.960. The molecule has 0 saturated carbocycles. The van der Waals surface area contributed by atoms with Gasteiger partial charge in [-0.05, 0) is 6.07 Å². The summed E-state index contributed by atoms with van der Waals surface area (Å²) in [4.78, 5) is 6.17. The summed E-state index contributed by atoms with van der Waals surface area (Å²) in [6.45, 7) is 2.21. The third-order valence-corrected chi connectivity index (χ3v) is 3.39. The molecule has 0 saturated heterocycles. The minimum Gasteiger partial charge on any atom is -0.399 e. The quantitative estimate of drug-likeness (QED) is 0.660. The molecule has 0 aromatic heterocycles. The van der Waals surface area contributed by atoms with Gasteiger partial charge >= 0.3 is 0 Å². The van der Waals surface area contributed by atoms with Gasteiger partial charge in [-0.1, -0.05) is 30.3 Å². The number of fused-ring (bicyclic) bond motifs is 1. The standard InChI is InChI=1S/C11H13NOS/c1-8-7-10(12-13-2)9-5-3-4-6-11(9)14-8/h3-6,8H,7H2,1-2H3/b12-10-. The average Bonchev–Trinajstić information content (AvgIpc) is 2.18. The zero-order valence-electron chi connectivity index (χ0n) is 8.36. The second-order valence-corrected chi connectivity index (χ2v) is 4.83. The molecule has 1 aliphatic rings. The molecule has 0 bridgehead atoms. The molecule has 1 aromatic rings. The van der Waals surface area contributed by atoms with Gasteiger partial charge in [-0.15, -0.1) is 11.8 Å². The van der Waals surface area contributed by atoms with Crippen molar-refractivity contribution in [2.75, 3.05) is 7.11 Å². The van der Waals surface area contributed by atoms with Crippen LogP contribution in [0.1, 0.15) is 18.9 Å². The van der Waals surface area contributed by atoms with Crippen molar-refractivity contribution >= 4 is 17.5 Å². The highest BCUT2D eigenvalue weighted by atomic mass is 32.2. The molecule has 0 radical (unpaired) electrons. The number of oxime groups is 1. The molecular weight excluding hydrogens is 194 g/mol. The third kappa shape index (κ3) is 1.77. The Labute approximate surface area is 88.3 Å². The van der Waals surface area contributed by atoms with Gasteiger partial charge in [0, 0.05) is 22.1 Å². The fourth-order valence-electron chi connectivity index (χ4n) is 1.65. The van der Waals surface area contributed by atoms with E-state index in [0.29, 0.717) is 5.25 Å². The first-order valence-electron chi connectivity index (χ1n) is 4.67. The van der Waals surface area contributed by atoms with Crippen LogP contribution >= 0.6 is 11.8 Å². The topological polar surface area (TPSA) is 21.6 Å². The number of nitrogens with zero attached hydrogens (tertiary/aromatic N) is 1. The van der Waals surface area contributed by atoms with Crippen LogP contribution in [0.4, 0.5) is 0 Å². The van der Waals surface area contributed by atoms with E-state index >= 15 is 0 Å². The van der Waals surface area contributed by atoms with Crippen molar-refractivity contribution in [1.29, 1.82) is 0 Å². The SMILES string of the molecule is CO/N=C1/CC(C)Sc2ccccc21. The summed E-state index contributed by atoms with van der Waals surface area (Å²) in [5.74, 6) is 0. The lowest BCUT2D eigenvalue weighted by molar-refractivity contribution is 0.212. The van der Waals surface area contributed by atoms with E-state index in [0.717, 1.165) is 12.1 Å². The summed E-state index contributed by atoms with van der Waals surface area (Å²) in [5, 5.41) is 4.66. The Morgan fingerprint density at radius 2 is 2.21 bits per heavy atom. The van der Waals surface area contributed by atoms with Crippen molar-refractivity contribution in [3.63, 3.8) is 0 Å². The van der Waals surface area contributed by atoms with Crippen LogP contribution in [-0.2, 0) is 4.84 Å². The number of rotatable bonds is 1. The molecule has 1 unspecified atom stereocenters. The fraction of sp³-hybridized carbons (Fsp3) is 0.364. The predicted molar refractivity (Wildman–Crippen MR) is 59.9 cm³/mol. The maximum Gasteiger partial charge on any atom is 0.106 e. The summed E-state index contributed by atoms with van der Waals surface area (Å²) in [6.07, 6.45) is 0.982. The largest absolute Gasteiger partial charge is 0.399 e. The van der Waals surface area contributed by atoms with Crippen molar-refractivity contribution in [2.45, 2.75) is 23.5 Å². The molecule has 0 aliphatic carbocycles. The third-order valence-electron chi connectivity index (χ3n) is 2.21. The molecule has 14 heavy (non-hydrogen) atoms. The Balaban J connectivity index is 2.43. The van der Waals surface area contributed by atoms with Crippen LogP contribution in [-0.4, -0.2) is 18.1 Å². The van der Waals surface area contributed by atoms with Crippen LogP contribution in [0.5, 0.6) is 0 Å². The molecule has 0 N–H and O–H groups in total. The van der Waals surface area contributed by atoms with Crippen molar-refractivity contribution in [3.8, 4) is 0 Å². The molecule has 3 heteroatoms. The van der Waals surface area contributed by atoms with E-state index in [2.05, 4.69) is 30.3 Å². The van der Waals surface area contributed by atoms with Gasteiger partial charge in [0.2, 0.25) is 0 Å². The normalized spacial score (nSPS) is 23.3. The van der Waals surface area contributed by atoms with Gasteiger partial charge in [-0.2, -0.15) is 0 Å². The first-order valence-corrected chi connectivity index (χ1v) is 5.55. The van der Waals surface area contributed by atoms with E-state index in [1.165, 1.54) is 10.5 Å². The van der Waals surface area contributed by atoms with Gasteiger partial charge in [0.15, 0.2) is 0 Å². The second kappa shape index (κ2) is 4.05. The Kier molecular flexibility index (Phi) is 2.77. The highest BCUT2D eigenvalue weighted by molar-refractivity contribution is 8.00. The van der Waals surface area contributed by atoms with Crippen molar-refractivity contribution in [1.82, 2.24) is 0 Å². The lowest BCUT2D eigenvalue weighted by Crippen LogP contribution is -2.15. The first-order chi connectivity index (χ1) is 6.81. The fourth-order valence-corrected chi connectivity index (χ4v) is 2.79. The zero-order chi connectivity index (χ0) is 9.97. The van der Waals surface area contributed by atoms with Crippen LogP contribution in [0.25, 0.3) is 0 Å². The lowest BCUT2D eigenvalue weighted by atomic mass is 10.1. The van der Waals surface area contributed by atoms with Crippen LogP contribution in [0.3, 0.4) is 0 Å². The van der Waals surface area contributed by atoms with Crippen LogP contribution in [0.2, 0.25) is 0 Å². The second-order valence-electron chi connectivity index (χ2n) is 3.35. The summed E-state index contributed by atoms with van der Waals surface area (Å²) < 4.78 is 0. The molecule has 2 nitrogen and oxygen atoms in total. The van der Waals surface area contributed by atoms with E-state index < -0.39 is 0 Å². The highest BCUT2D eigenvalue weighted by Gasteiger charge is 2.21. The van der Waals surface area contributed by atoms with Gasteiger partial charge in [-0.25, -0.2) is 0 Å². The molecule has 1 aliphatic heterocycles. The minimum atomic E-state index is 0.582. The average molecular weight is 207 g/mol. The number of hydrogen-bond acceptors (Lipinski definition) is 3. The first kappa shape index (κ1) is 9.59. The van der Waals surface area contributed by atoms with Gasteiger partial charge in [0.05, 0.1) is 5.71 Å². The van der Waals surface area contributed by atoms with Gasteiger partial charge in [0.25, 0.3) is 0 Å². The Morgan fingerprint density at radius 1 is 1.43 bits per heavy atom. The predicted octanol–water partition coefficient (Wildman–Crippen LogP) is 2.92. The molecule has 74 valence electrons. The summed E-state index contributed by atoms with van der Waals surface area (Å²) in [7, 11) is 1.60. The van der Waals surface area contributed by atoms with E-state index in [4.69, 9.17) is 4.84 Å². The molecule has 0 fully saturated rings. The Morgan fingerprint density at radius 3 is 3.00 bits per heavy atom. The van der Waals surface area contributed by atoms with E-state index in [9.17, 15) is 0 Å². The summed E-state index contributed by atoms with van der Waals surface area (Å²) in [6, 6.07) is 8.35.